The van der Waals surface area contributed by atoms with Crippen molar-refractivity contribution in [2.24, 2.45) is 5.92 Å². The van der Waals surface area contributed by atoms with Crippen LogP contribution in [0.4, 0.5) is 0 Å². The van der Waals surface area contributed by atoms with Gasteiger partial charge in [0.2, 0.25) is 0 Å². The predicted molar refractivity (Wildman–Crippen MR) is 72.7 cm³/mol. The van der Waals surface area contributed by atoms with Gasteiger partial charge in [0.15, 0.2) is 0 Å². The predicted octanol–water partition coefficient (Wildman–Crippen LogP) is 2.93. The third-order valence-corrected chi connectivity index (χ3v) is 3.86. The first-order chi connectivity index (χ1) is 9.00. The molecule has 102 valence electrons. The minimum atomic E-state index is -0.872. The Balaban J connectivity index is 2.22. The Bertz CT molecular complexity index is 498. The lowest BCUT2D eigenvalue weighted by Gasteiger charge is -2.31. The SMILES string of the molecule is O=C(O)[C@@H]1CCCN(C(=O)c2c(Cl)cccc2Cl)C1. The maximum Gasteiger partial charge on any atom is 0.308 e. The summed E-state index contributed by atoms with van der Waals surface area (Å²) in [6, 6.07) is 4.86. The zero-order valence-electron chi connectivity index (χ0n) is 10.1. The van der Waals surface area contributed by atoms with Crippen LogP contribution in [-0.2, 0) is 4.79 Å². The molecule has 2 rings (SSSR count). The number of hydrogen-bond acceptors (Lipinski definition) is 2. The molecule has 1 fully saturated rings. The number of nitrogens with zero attached hydrogens (tertiary/aromatic N) is 1. The fraction of sp³-hybridized carbons (Fsp3) is 0.385. The summed E-state index contributed by atoms with van der Waals surface area (Å²) in [5, 5.41) is 9.60. The Morgan fingerprint density at radius 2 is 1.89 bits per heavy atom. The first kappa shape index (κ1) is 14.2. The molecular weight excluding hydrogens is 289 g/mol. The van der Waals surface area contributed by atoms with Gasteiger partial charge >= 0.3 is 5.97 Å². The first-order valence-electron chi connectivity index (χ1n) is 5.97. The molecule has 1 aliphatic heterocycles. The third kappa shape index (κ3) is 3.01. The lowest BCUT2D eigenvalue weighted by atomic mass is 9.97. The zero-order valence-corrected chi connectivity index (χ0v) is 11.6. The Morgan fingerprint density at radius 1 is 1.26 bits per heavy atom. The molecule has 0 saturated carbocycles. The van der Waals surface area contributed by atoms with Gasteiger partial charge in [-0.25, -0.2) is 0 Å². The Morgan fingerprint density at radius 3 is 2.47 bits per heavy atom. The summed E-state index contributed by atoms with van der Waals surface area (Å²) >= 11 is 12.0. The molecule has 1 N–H and O–H groups in total. The molecule has 1 aliphatic rings. The molecule has 19 heavy (non-hydrogen) atoms. The van der Waals surface area contributed by atoms with Gasteiger partial charge in [0, 0.05) is 13.1 Å². The van der Waals surface area contributed by atoms with Crippen LogP contribution in [0.5, 0.6) is 0 Å². The van der Waals surface area contributed by atoms with Crippen LogP contribution < -0.4 is 0 Å². The summed E-state index contributed by atoms with van der Waals surface area (Å²) in [6.45, 7) is 0.736. The largest absolute Gasteiger partial charge is 0.481 e. The highest BCUT2D eigenvalue weighted by atomic mass is 35.5. The lowest BCUT2D eigenvalue weighted by molar-refractivity contribution is -0.143. The Hall–Kier alpha value is -1.26. The van der Waals surface area contributed by atoms with Crippen molar-refractivity contribution in [2.75, 3.05) is 13.1 Å². The van der Waals surface area contributed by atoms with Crippen molar-refractivity contribution in [3.63, 3.8) is 0 Å². The number of carboxylic acid groups (broad SMARTS) is 1. The molecule has 1 saturated heterocycles. The number of amides is 1. The second-order valence-corrected chi connectivity index (χ2v) is 5.34. The minimum Gasteiger partial charge on any atom is -0.481 e. The smallest absolute Gasteiger partial charge is 0.308 e. The first-order valence-corrected chi connectivity index (χ1v) is 6.72. The van der Waals surface area contributed by atoms with Crippen LogP contribution in [0, 0.1) is 5.92 Å². The molecule has 1 aromatic rings. The molecular formula is C13H13Cl2NO3. The van der Waals surface area contributed by atoms with E-state index in [2.05, 4.69) is 0 Å². The molecule has 0 radical (unpaired) electrons. The highest BCUT2D eigenvalue weighted by molar-refractivity contribution is 6.39. The second kappa shape index (κ2) is 5.80. The average Bonchev–Trinajstić information content (AvgIpc) is 2.38. The number of rotatable bonds is 2. The fourth-order valence-electron chi connectivity index (χ4n) is 2.22. The van der Waals surface area contributed by atoms with Crippen molar-refractivity contribution in [2.45, 2.75) is 12.8 Å². The van der Waals surface area contributed by atoms with Gasteiger partial charge in [-0.15, -0.1) is 0 Å². The van der Waals surface area contributed by atoms with Crippen molar-refractivity contribution < 1.29 is 14.7 Å². The molecule has 6 heteroatoms. The van der Waals surface area contributed by atoms with Crippen LogP contribution in [-0.4, -0.2) is 35.0 Å². The zero-order chi connectivity index (χ0) is 14.0. The minimum absolute atomic E-state index is 0.204. The summed E-state index contributed by atoms with van der Waals surface area (Å²) in [5.41, 5.74) is 0.247. The average molecular weight is 302 g/mol. The van der Waals surface area contributed by atoms with Crippen LogP contribution in [0.25, 0.3) is 0 Å². The van der Waals surface area contributed by atoms with Crippen LogP contribution >= 0.6 is 23.2 Å². The van der Waals surface area contributed by atoms with Gasteiger partial charge in [-0.1, -0.05) is 29.3 Å². The van der Waals surface area contributed by atoms with E-state index in [0.29, 0.717) is 19.4 Å². The van der Waals surface area contributed by atoms with E-state index in [0.717, 1.165) is 0 Å². The molecule has 1 heterocycles. The van der Waals surface area contributed by atoms with E-state index in [1.807, 2.05) is 0 Å². The summed E-state index contributed by atoms with van der Waals surface area (Å²) in [6.07, 6.45) is 1.26. The van der Waals surface area contributed by atoms with E-state index in [4.69, 9.17) is 28.3 Å². The number of carbonyl (C=O) groups excluding carboxylic acids is 1. The van der Waals surface area contributed by atoms with E-state index >= 15 is 0 Å². The van der Waals surface area contributed by atoms with Gasteiger partial charge in [0.05, 0.1) is 21.5 Å². The monoisotopic (exact) mass is 301 g/mol. The van der Waals surface area contributed by atoms with Crippen LogP contribution in [0.2, 0.25) is 10.0 Å². The summed E-state index contributed by atoms with van der Waals surface area (Å²) in [7, 11) is 0. The molecule has 1 aromatic carbocycles. The van der Waals surface area contributed by atoms with Gasteiger partial charge < -0.3 is 10.0 Å². The van der Waals surface area contributed by atoms with Crippen molar-refractivity contribution in [3.8, 4) is 0 Å². The van der Waals surface area contributed by atoms with E-state index in [1.54, 1.807) is 18.2 Å². The summed E-state index contributed by atoms with van der Waals surface area (Å²) in [5.74, 6) is -1.69. The van der Waals surface area contributed by atoms with E-state index < -0.39 is 11.9 Å². The fourth-order valence-corrected chi connectivity index (χ4v) is 2.78. The van der Waals surface area contributed by atoms with E-state index in [1.165, 1.54) is 4.90 Å². The van der Waals surface area contributed by atoms with Crippen LogP contribution in [0.15, 0.2) is 18.2 Å². The number of carboxylic acids is 1. The molecule has 0 aliphatic carbocycles. The van der Waals surface area contributed by atoms with Crippen molar-refractivity contribution in [1.82, 2.24) is 4.90 Å². The van der Waals surface area contributed by atoms with Gasteiger partial charge in [0.25, 0.3) is 5.91 Å². The van der Waals surface area contributed by atoms with Crippen molar-refractivity contribution in [3.05, 3.63) is 33.8 Å². The number of aliphatic carboxylic acids is 1. The maximum absolute atomic E-state index is 12.4. The number of carbonyl (C=O) groups is 2. The second-order valence-electron chi connectivity index (χ2n) is 4.53. The molecule has 0 unspecified atom stereocenters. The van der Waals surface area contributed by atoms with Gasteiger partial charge in [0.1, 0.15) is 0 Å². The number of benzene rings is 1. The van der Waals surface area contributed by atoms with Gasteiger partial charge in [-0.3, -0.25) is 9.59 Å². The molecule has 0 bridgehead atoms. The number of piperidine rings is 1. The summed E-state index contributed by atoms with van der Waals surface area (Å²) < 4.78 is 0. The number of likely N-dealkylation sites (tertiary alicyclic amines) is 1. The normalized spacial score (nSPS) is 19.3. The quantitative estimate of drug-likeness (QED) is 0.914. The third-order valence-electron chi connectivity index (χ3n) is 3.23. The van der Waals surface area contributed by atoms with Crippen molar-refractivity contribution in [1.29, 1.82) is 0 Å². The van der Waals surface area contributed by atoms with Gasteiger partial charge in [-0.05, 0) is 25.0 Å². The van der Waals surface area contributed by atoms with Crippen LogP contribution in [0.1, 0.15) is 23.2 Å². The Labute approximate surface area is 120 Å². The molecule has 4 nitrogen and oxygen atoms in total. The maximum atomic E-state index is 12.4. The van der Waals surface area contributed by atoms with Crippen molar-refractivity contribution >= 4 is 35.1 Å². The lowest BCUT2D eigenvalue weighted by Crippen LogP contribution is -2.42. The number of hydrogen-bond donors (Lipinski definition) is 1. The standard InChI is InChI=1S/C13H13Cl2NO3/c14-9-4-1-5-10(15)11(9)12(17)16-6-2-3-8(7-16)13(18)19/h1,4-5,8H,2-3,6-7H2,(H,18,19)/t8-/m1/s1. The number of halogens is 2. The highest BCUT2D eigenvalue weighted by Gasteiger charge is 2.30. The van der Waals surface area contributed by atoms with E-state index in [9.17, 15) is 9.59 Å². The summed E-state index contributed by atoms with van der Waals surface area (Å²) in [4.78, 5) is 24.9. The van der Waals surface area contributed by atoms with Gasteiger partial charge in [-0.2, -0.15) is 0 Å². The molecule has 0 aromatic heterocycles. The topological polar surface area (TPSA) is 57.6 Å². The Kier molecular flexibility index (Phi) is 4.32. The highest BCUT2D eigenvalue weighted by Crippen LogP contribution is 2.27. The molecule has 1 atom stereocenters. The van der Waals surface area contributed by atoms with E-state index in [-0.39, 0.29) is 28.1 Å². The van der Waals surface area contributed by atoms with Crippen LogP contribution in [0.3, 0.4) is 0 Å². The molecule has 1 amide bonds. The molecule has 0 spiro atoms.